The summed E-state index contributed by atoms with van der Waals surface area (Å²) in [5.74, 6) is 0. The van der Waals surface area contributed by atoms with Crippen molar-refractivity contribution >= 4 is 28.2 Å². The molecule has 0 aliphatic heterocycles. The lowest BCUT2D eigenvalue weighted by Crippen LogP contribution is -1.87. The molecule has 4 nitrogen and oxygen atoms in total. The number of nitrogens with one attached hydrogen (secondary N) is 1. The third-order valence-electron chi connectivity index (χ3n) is 2.97. The van der Waals surface area contributed by atoms with Gasteiger partial charge in [-0.3, -0.25) is 10.1 Å². The van der Waals surface area contributed by atoms with Gasteiger partial charge in [-0.1, -0.05) is 11.6 Å². The van der Waals surface area contributed by atoms with Crippen LogP contribution in [0.1, 0.15) is 0 Å². The highest BCUT2D eigenvalue weighted by Crippen LogP contribution is 2.27. The molecule has 94 valence electrons. The first kappa shape index (κ1) is 11.7. The van der Waals surface area contributed by atoms with Crippen LogP contribution in [0.25, 0.3) is 22.2 Å². The molecule has 1 aromatic heterocycles. The number of rotatable bonds is 2. The largest absolute Gasteiger partial charge is 0.355 e. The third-order valence-corrected chi connectivity index (χ3v) is 3.21. The number of non-ortho nitro benzene ring substituents is 1. The molecule has 0 fully saturated rings. The minimum Gasteiger partial charge on any atom is -0.355 e. The molecule has 5 heteroatoms. The Hall–Kier alpha value is -2.33. The molecular weight excluding hydrogens is 264 g/mol. The predicted octanol–water partition coefficient (Wildman–Crippen LogP) is 4.40. The zero-order valence-electron chi connectivity index (χ0n) is 9.76. The lowest BCUT2D eigenvalue weighted by Gasteiger charge is -1.97. The number of hydrogen-bond acceptors (Lipinski definition) is 2. The first-order valence-corrected chi connectivity index (χ1v) is 6.04. The molecule has 0 radical (unpaired) electrons. The van der Waals surface area contributed by atoms with Crippen LogP contribution in [0.2, 0.25) is 5.02 Å². The monoisotopic (exact) mass is 272 g/mol. The van der Waals surface area contributed by atoms with Crippen molar-refractivity contribution in [3.05, 3.63) is 63.7 Å². The number of hydrogen-bond donors (Lipinski definition) is 1. The maximum atomic E-state index is 10.6. The van der Waals surface area contributed by atoms with Gasteiger partial charge < -0.3 is 4.98 Å². The summed E-state index contributed by atoms with van der Waals surface area (Å²) in [5.41, 5.74) is 2.88. The Morgan fingerprint density at radius 3 is 2.47 bits per heavy atom. The number of nitrogens with zero attached hydrogens (tertiary/aromatic N) is 1. The van der Waals surface area contributed by atoms with E-state index in [4.69, 9.17) is 11.6 Å². The minimum absolute atomic E-state index is 0.0860. The number of H-pyrrole nitrogens is 1. The molecule has 3 aromatic rings. The van der Waals surface area contributed by atoms with Crippen LogP contribution in [0.15, 0.2) is 48.5 Å². The molecule has 19 heavy (non-hydrogen) atoms. The summed E-state index contributed by atoms with van der Waals surface area (Å²) in [6.45, 7) is 0. The molecule has 0 saturated carbocycles. The predicted molar refractivity (Wildman–Crippen MR) is 75.4 cm³/mol. The van der Waals surface area contributed by atoms with Gasteiger partial charge in [-0.25, -0.2) is 0 Å². The Morgan fingerprint density at radius 2 is 1.79 bits per heavy atom. The third kappa shape index (κ3) is 2.18. The van der Waals surface area contributed by atoms with Crippen LogP contribution in [-0.4, -0.2) is 9.91 Å². The van der Waals surface area contributed by atoms with E-state index in [1.807, 2.05) is 24.3 Å². The molecule has 0 aliphatic carbocycles. The van der Waals surface area contributed by atoms with E-state index in [1.165, 1.54) is 12.1 Å². The van der Waals surface area contributed by atoms with Gasteiger partial charge in [0.2, 0.25) is 0 Å². The maximum Gasteiger partial charge on any atom is 0.269 e. The summed E-state index contributed by atoms with van der Waals surface area (Å²) < 4.78 is 0. The fourth-order valence-electron chi connectivity index (χ4n) is 2.02. The summed E-state index contributed by atoms with van der Waals surface area (Å²) >= 11 is 5.94. The second-order valence-electron chi connectivity index (χ2n) is 4.22. The number of aromatic amines is 1. The van der Waals surface area contributed by atoms with Gasteiger partial charge in [0.1, 0.15) is 0 Å². The SMILES string of the molecule is O=[N+]([O-])c1ccc(-c2cc3cc(Cl)ccc3[nH]2)cc1. The van der Waals surface area contributed by atoms with E-state index in [9.17, 15) is 10.1 Å². The summed E-state index contributed by atoms with van der Waals surface area (Å²) in [6.07, 6.45) is 0. The second kappa shape index (κ2) is 4.40. The van der Waals surface area contributed by atoms with Gasteiger partial charge in [-0.15, -0.1) is 0 Å². The zero-order chi connectivity index (χ0) is 13.4. The fraction of sp³-hybridized carbons (Fsp3) is 0. The molecular formula is C14H9ClN2O2. The van der Waals surface area contributed by atoms with Crippen LogP contribution >= 0.6 is 11.6 Å². The van der Waals surface area contributed by atoms with Crippen LogP contribution in [0.4, 0.5) is 5.69 Å². The van der Waals surface area contributed by atoms with Gasteiger partial charge in [0, 0.05) is 33.8 Å². The Labute approximate surface area is 113 Å². The van der Waals surface area contributed by atoms with E-state index >= 15 is 0 Å². The van der Waals surface area contributed by atoms with Crippen LogP contribution in [0.3, 0.4) is 0 Å². The molecule has 0 atom stereocenters. The van der Waals surface area contributed by atoms with E-state index in [1.54, 1.807) is 12.1 Å². The van der Waals surface area contributed by atoms with Crippen molar-refractivity contribution in [2.75, 3.05) is 0 Å². The van der Waals surface area contributed by atoms with Gasteiger partial charge in [0.15, 0.2) is 0 Å². The molecule has 0 aliphatic rings. The van der Waals surface area contributed by atoms with E-state index in [-0.39, 0.29) is 5.69 Å². The van der Waals surface area contributed by atoms with Crippen LogP contribution in [0, 0.1) is 10.1 Å². The van der Waals surface area contributed by atoms with Crippen molar-refractivity contribution in [1.29, 1.82) is 0 Å². The number of nitro benzene ring substituents is 1. The average molecular weight is 273 g/mol. The van der Waals surface area contributed by atoms with Crippen molar-refractivity contribution < 1.29 is 4.92 Å². The molecule has 0 amide bonds. The molecule has 0 spiro atoms. The summed E-state index contributed by atoms with van der Waals surface area (Å²) in [5, 5.41) is 12.3. The first-order chi connectivity index (χ1) is 9.13. The number of benzene rings is 2. The molecule has 1 heterocycles. The Morgan fingerprint density at radius 1 is 1.05 bits per heavy atom. The van der Waals surface area contributed by atoms with Crippen molar-refractivity contribution in [2.45, 2.75) is 0 Å². The summed E-state index contributed by atoms with van der Waals surface area (Å²) in [7, 11) is 0. The van der Waals surface area contributed by atoms with E-state index in [2.05, 4.69) is 4.98 Å². The first-order valence-electron chi connectivity index (χ1n) is 5.66. The average Bonchev–Trinajstić information content (AvgIpc) is 2.81. The molecule has 1 N–H and O–H groups in total. The van der Waals surface area contributed by atoms with Gasteiger partial charge >= 0.3 is 0 Å². The Bertz CT molecular complexity index is 763. The van der Waals surface area contributed by atoms with Gasteiger partial charge in [0.25, 0.3) is 5.69 Å². The molecule has 3 rings (SSSR count). The fourth-order valence-corrected chi connectivity index (χ4v) is 2.20. The highest BCUT2D eigenvalue weighted by Gasteiger charge is 2.07. The van der Waals surface area contributed by atoms with Crippen molar-refractivity contribution in [3.8, 4) is 11.3 Å². The highest BCUT2D eigenvalue weighted by atomic mass is 35.5. The number of nitro groups is 1. The Kier molecular flexibility index (Phi) is 2.72. The highest BCUT2D eigenvalue weighted by molar-refractivity contribution is 6.31. The number of halogens is 1. The van der Waals surface area contributed by atoms with Crippen LogP contribution < -0.4 is 0 Å². The van der Waals surface area contributed by atoms with Crippen molar-refractivity contribution in [2.24, 2.45) is 0 Å². The quantitative estimate of drug-likeness (QED) is 0.555. The molecule has 0 saturated heterocycles. The molecule has 0 bridgehead atoms. The van der Waals surface area contributed by atoms with Gasteiger partial charge in [-0.05, 0) is 42.0 Å². The van der Waals surface area contributed by atoms with Crippen LogP contribution in [-0.2, 0) is 0 Å². The number of aromatic nitrogens is 1. The standard InChI is InChI=1S/C14H9ClN2O2/c15-11-3-6-13-10(7-11)8-14(16-13)9-1-4-12(5-2-9)17(18)19/h1-8,16H. The van der Waals surface area contributed by atoms with Crippen molar-refractivity contribution in [1.82, 2.24) is 4.98 Å². The lowest BCUT2D eigenvalue weighted by atomic mass is 10.1. The molecule has 2 aromatic carbocycles. The normalized spacial score (nSPS) is 10.8. The van der Waals surface area contributed by atoms with Gasteiger partial charge in [0.05, 0.1) is 4.92 Å². The Balaban J connectivity index is 2.06. The van der Waals surface area contributed by atoms with Crippen LogP contribution in [0.5, 0.6) is 0 Å². The maximum absolute atomic E-state index is 10.6. The van der Waals surface area contributed by atoms with Crippen molar-refractivity contribution in [3.63, 3.8) is 0 Å². The summed E-state index contributed by atoms with van der Waals surface area (Å²) in [4.78, 5) is 13.5. The van der Waals surface area contributed by atoms with E-state index < -0.39 is 4.92 Å². The molecule has 0 unspecified atom stereocenters. The number of fused-ring (bicyclic) bond motifs is 1. The smallest absolute Gasteiger partial charge is 0.269 e. The van der Waals surface area contributed by atoms with E-state index in [0.29, 0.717) is 5.02 Å². The van der Waals surface area contributed by atoms with Gasteiger partial charge in [-0.2, -0.15) is 0 Å². The lowest BCUT2D eigenvalue weighted by molar-refractivity contribution is -0.384. The van der Waals surface area contributed by atoms with E-state index in [0.717, 1.165) is 22.2 Å². The zero-order valence-corrected chi connectivity index (χ0v) is 10.5. The second-order valence-corrected chi connectivity index (χ2v) is 4.66. The topological polar surface area (TPSA) is 58.9 Å². The minimum atomic E-state index is -0.408. The summed E-state index contributed by atoms with van der Waals surface area (Å²) in [6, 6.07) is 14.0.